The molecule has 3 aromatic rings. The number of hydrogen-bond acceptors (Lipinski definition) is 3. The van der Waals surface area contributed by atoms with E-state index in [1.54, 1.807) is 18.2 Å². The normalized spacial score (nSPS) is 13.9. The minimum Gasteiger partial charge on any atom is -0.359 e. The SMILES string of the molecule is C=C/C=C(/c1cccc(F)c1)c1nc(-c2n[nH]c(=C)\c2=C/C(=C\C)C(/C=C(\C=C)NC(=C)C(C)(C)C)=C/C)[nH]c1C. The van der Waals surface area contributed by atoms with Crippen LogP contribution in [0.5, 0.6) is 0 Å². The Morgan fingerprint density at radius 2 is 1.80 bits per heavy atom. The van der Waals surface area contributed by atoms with Crippen LogP contribution < -0.4 is 15.9 Å². The van der Waals surface area contributed by atoms with Gasteiger partial charge in [0.25, 0.3) is 0 Å². The summed E-state index contributed by atoms with van der Waals surface area (Å²) >= 11 is 0. The molecule has 0 amide bonds. The number of aromatic amines is 2. The van der Waals surface area contributed by atoms with Crippen molar-refractivity contribution < 1.29 is 4.39 Å². The Kier molecular flexibility index (Phi) is 9.85. The van der Waals surface area contributed by atoms with Crippen LogP contribution >= 0.6 is 0 Å². The van der Waals surface area contributed by atoms with Crippen molar-refractivity contribution in [3.8, 4) is 11.5 Å². The zero-order valence-electron chi connectivity index (χ0n) is 25.0. The van der Waals surface area contributed by atoms with Crippen molar-refractivity contribution in [1.29, 1.82) is 0 Å². The minimum atomic E-state index is -0.318. The fourth-order valence-corrected chi connectivity index (χ4v) is 4.14. The summed E-state index contributed by atoms with van der Waals surface area (Å²) in [6.07, 6.45) is 13.4. The van der Waals surface area contributed by atoms with Crippen LogP contribution in [0.4, 0.5) is 4.39 Å². The first-order valence-corrected chi connectivity index (χ1v) is 13.5. The third-order valence-corrected chi connectivity index (χ3v) is 6.65. The monoisotopic (exact) mass is 549 g/mol. The maximum atomic E-state index is 14.0. The second-order valence-electron chi connectivity index (χ2n) is 10.6. The van der Waals surface area contributed by atoms with E-state index in [-0.39, 0.29) is 11.2 Å². The number of H-pyrrole nitrogens is 2. The number of halogens is 1. The summed E-state index contributed by atoms with van der Waals surface area (Å²) in [5, 5.41) is 12.4. The molecule has 0 aliphatic heterocycles. The summed E-state index contributed by atoms with van der Waals surface area (Å²) in [5.41, 5.74) is 7.20. The standard InChI is InChI=1S/C35H40FN5/c1-11-16-30(27-17-15-18-28(36)19-27)32-23(6)37-34(39-32)33-31(22(5)40-41-33)21-26(13-3)25(12-2)20-29(14-4)38-24(7)35(8,9)10/h11-21,38,40H,1,4-5,7H2,2-3,6,8-10H3,(H,37,39)/b25-12+,26-13+,29-20+,30-16-,31-21+. The molecular weight excluding hydrogens is 509 g/mol. The average Bonchev–Trinajstić information content (AvgIpc) is 3.49. The molecule has 6 heteroatoms. The van der Waals surface area contributed by atoms with Crippen LogP contribution in [0.3, 0.4) is 0 Å². The van der Waals surface area contributed by atoms with E-state index in [1.165, 1.54) is 12.1 Å². The number of nitrogens with one attached hydrogen (secondary N) is 3. The van der Waals surface area contributed by atoms with Gasteiger partial charge in [0.2, 0.25) is 0 Å². The van der Waals surface area contributed by atoms with Crippen LogP contribution in [0.15, 0.2) is 103 Å². The van der Waals surface area contributed by atoms with Gasteiger partial charge >= 0.3 is 0 Å². The van der Waals surface area contributed by atoms with Crippen LogP contribution in [-0.2, 0) is 0 Å². The fourth-order valence-electron chi connectivity index (χ4n) is 4.14. The Balaban J connectivity index is 2.09. The Morgan fingerprint density at radius 3 is 2.39 bits per heavy atom. The van der Waals surface area contributed by atoms with E-state index >= 15 is 0 Å². The molecule has 212 valence electrons. The predicted octanol–water partition coefficient (Wildman–Crippen LogP) is 7.17. The van der Waals surface area contributed by atoms with E-state index in [0.717, 1.165) is 39.0 Å². The van der Waals surface area contributed by atoms with Gasteiger partial charge in [-0.3, -0.25) is 5.10 Å². The number of nitrogens with zero attached hydrogens (tertiary/aromatic N) is 2. The Hall–Kier alpha value is -4.71. The molecule has 0 saturated heterocycles. The molecule has 0 aliphatic carbocycles. The van der Waals surface area contributed by atoms with Crippen LogP contribution in [0.1, 0.15) is 51.6 Å². The van der Waals surface area contributed by atoms with Gasteiger partial charge in [-0.05, 0) is 67.8 Å². The molecule has 3 N–H and O–H groups in total. The average molecular weight is 550 g/mol. The van der Waals surface area contributed by atoms with Crippen molar-refractivity contribution in [3.63, 3.8) is 0 Å². The molecule has 0 spiro atoms. The molecule has 1 aromatic carbocycles. The molecule has 2 heterocycles. The highest BCUT2D eigenvalue weighted by molar-refractivity contribution is 5.81. The van der Waals surface area contributed by atoms with Crippen molar-refractivity contribution in [3.05, 3.63) is 136 Å². The summed E-state index contributed by atoms with van der Waals surface area (Å²) in [4.78, 5) is 8.25. The lowest BCUT2D eigenvalue weighted by Gasteiger charge is -2.24. The molecule has 0 bridgehead atoms. The van der Waals surface area contributed by atoms with Crippen LogP contribution in [0, 0.1) is 18.2 Å². The molecular formula is C35H40FN5. The largest absolute Gasteiger partial charge is 0.359 e. The zero-order valence-corrected chi connectivity index (χ0v) is 25.0. The number of hydrogen-bond donors (Lipinski definition) is 3. The van der Waals surface area contributed by atoms with Gasteiger partial charge in [0.05, 0.1) is 11.0 Å². The molecule has 0 saturated carbocycles. The predicted molar refractivity (Wildman–Crippen MR) is 171 cm³/mol. The van der Waals surface area contributed by atoms with E-state index in [2.05, 4.69) is 67.6 Å². The first-order valence-electron chi connectivity index (χ1n) is 13.5. The lowest BCUT2D eigenvalue weighted by atomic mass is 9.92. The number of allylic oxidation sites excluding steroid dienone is 9. The Bertz CT molecular complexity index is 1700. The zero-order chi connectivity index (χ0) is 30.3. The van der Waals surface area contributed by atoms with Gasteiger partial charge in [-0.2, -0.15) is 5.10 Å². The van der Waals surface area contributed by atoms with E-state index in [9.17, 15) is 4.39 Å². The first kappa shape index (κ1) is 30.8. The molecule has 3 rings (SSSR count). The van der Waals surface area contributed by atoms with Crippen molar-refractivity contribution >= 4 is 18.2 Å². The fraction of sp³-hybridized carbons (Fsp3) is 0.200. The van der Waals surface area contributed by atoms with Crippen LogP contribution in [0.25, 0.3) is 29.7 Å². The van der Waals surface area contributed by atoms with Crippen LogP contribution in [-0.4, -0.2) is 20.2 Å². The Morgan fingerprint density at radius 1 is 1.10 bits per heavy atom. The molecule has 0 fully saturated rings. The minimum absolute atomic E-state index is 0.0996. The summed E-state index contributed by atoms with van der Waals surface area (Å²) in [6, 6.07) is 6.43. The number of benzene rings is 1. The van der Waals surface area contributed by atoms with Gasteiger partial charge in [0, 0.05) is 33.3 Å². The summed E-state index contributed by atoms with van der Waals surface area (Å²) < 4.78 is 14.0. The van der Waals surface area contributed by atoms with Crippen molar-refractivity contribution in [2.75, 3.05) is 0 Å². The molecule has 41 heavy (non-hydrogen) atoms. The molecule has 0 atom stereocenters. The topological polar surface area (TPSA) is 69.4 Å². The van der Waals surface area contributed by atoms with E-state index in [1.807, 2.05) is 57.2 Å². The first-order chi connectivity index (χ1) is 19.4. The van der Waals surface area contributed by atoms with E-state index in [0.29, 0.717) is 28.1 Å². The summed E-state index contributed by atoms with van der Waals surface area (Å²) in [6.45, 7) is 28.4. The lowest BCUT2D eigenvalue weighted by molar-refractivity contribution is 0.478. The van der Waals surface area contributed by atoms with Gasteiger partial charge in [0.15, 0.2) is 5.82 Å². The third-order valence-electron chi connectivity index (χ3n) is 6.65. The second-order valence-corrected chi connectivity index (χ2v) is 10.6. The van der Waals surface area contributed by atoms with Crippen LogP contribution in [0.2, 0.25) is 0 Å². The quantitative estimate of drug-likeness (QED) is 0.235. The smallest absolute Gasteiger partial charge is 0.159 e. The molecule has 0 aliphatic rings. The number of aromatic nitrogens is 4. The third kappa shape index (κ3) is 7.28. The maximum Gasteiger partial charge on any atom is 0.159 e. The van der Waals surface area contributed by atoms with Crippen molar-refractivity contribution in [1.82, 2.24) is 25.5 Å². The maximum absolute atomic E-state index is 14.0. The van der Waals surface area contributed by atoms with Gasteiger partial charge in [0.1, 0.15) is 11.5 Å². The molecule has 0 radical (unpaired) electrons. The number of rotatable bonds is 10. The molecule has 0 unspecified atom stereocenters. The van der Waals surface area contributed by atoms with Crippen molar-refractivity contribution in [2.24, 2.45) is 5.41 Å². The van der Waals surface area contributed by atoms with Gasteiger partial charge in [-0.25, -0.2) is 9.37 Å². The highest BCUT2D eigenvalue weighted by Crippen LogP contribution is 2.27. The van der Waals surface area contributed by atoms with E-state index < -0.39 is 0 Å². The highest BCUT2D eigenvalue weighted by Gasteiger charge is 2.18. The lowest BCUT2D eigenvalue weighted by Crippen LogP contribution is -2.23. The van der Waals surface area contributed by atoms with E-state index in [4.69, 9.17) is 4.98 Å². The number of aryl methyl sites for hydroxylation is 1. The van der Waals surface area contributed by atoms with Gasteiger partial charge in [-0.1, -0.05) is 83.5 Å². The highest BCUT2D eigenvalue weighted by atomic mass is 19.1. The number of imidazole rings is 1. The summed E-state index contributed by atoms with van der Waals surface area (Å²) in [7, 11) is 0. The van der Waals surface area contributed by atoms with Gasteiger partial charge < -0.3 is 10.3 Å². The molecule has 2 aromatic heterocycles. The Labute approximate surface area is 242 Å². The second kappa shape index (κ2) is 13.1. The van der Waals surface area contributed by atoms with Gasteiger partial charge in [-0.15, -0.1) is 0 Å². The summed E-state index contributed by atoms with van der Waals surface area (Å²) in [5.74, 6) is 0.256. The van der Waals surface area contributed by atoms with Crippen molar-refractivity contribution in [2.45, 2.75) is 41.5 Å². The molecule has 5 nitrogen and oxygen atoms in total.